The molecule has 0 saturated carbocycles. The van der Waals surface area contributed by atoms with E-state index in [0.29, 0.717) is 31.2 Å². The Labute approximate surface area is 115 Å². The molecule has 1 atom stereocenters. The Morgan fingerprint density at radius 3 is 2.80 bits per heavy atom. The maximum Gasteiger partial charge on any atom is 0.416 e. The van der Waals surface area contributed by atoms with Gasteiger partial charge in [0.2, 0.25) is 0 Å². The number of aliphatic hydroxyl groups excluding tert-OH is 1. The zero-order chi connectivity index (χ0) is 14.8. The Hall–Kier alpha value is -1.50. The van der Waals surface area contributed by atoms with Gasteiger partial charge in [-0.15, -0.1) is 0 Å². The molecule has 0 aliphatic carbocycles. The lowest BCUT2D eigenvalue weighted by molar-refractivity contribution is -0.137. The van der Waals surface area contributed by atoms with E-state index in [1.54, 1.807) is 7.05 Å². The normalized spacial score (nSPS) is 19.4. The van der Waals surface area contributed by atoms with E-state index >= 15 is 0 Å². The van der Waals surface area contributed by atoms with Crippen LogP contribution in [0.25, 0.3) is 0 Å². The molecule has 4 nitrogen and oxygen atoms in total. The van der Waals surface area contributed by atoms with Crippen molar-refractivity contribution in [1.82, 2.24) is 4.98 Å². The quantitative estimate of drug-likeness (QED) is 0.893. The molecule has 0 spiro atoms. The van der Waals surface area contributed by atoms with Crippen LogP contribution >= 0.6 is 0 Å². The van der Waals surface area contributed by atoms with E-state index in [1.807, 2.05) is 4.90 Å². The number of halogens is 3. The van der Waals surface area contributed by atoms with Crippen LogP contribution < -0.4 is 10.2 Å². The van der Waals surface area contributed by atoms with Crippen molar-refractivity contribution in [3.63, 3.8) is 0 Å². The number of hydrogen-bond acceptors (Lipinski definition) is 4. The number of alkyl halides is 3. The summed E-state index contributed by atoms with van der Waals surface area (Å²) in [5.74, 6) is 0.861. The van der Waals surface area contributed by atoms with E-state index in [2.05, 4.69) is 10.3 Å². The van der Waals surface area contributed by atoms with E-state index in [9.17, 15) is 13.2 Å². The lowest BCUT2D eigenvalue weighted by Crippen LogP contribution is -2.22. The van der Waals surface area contributed by atoms with Crippen LogP contribution in [0.3, 0.4) is 0 Å². The summed E-state index contributed by atoms with van der Waals surface area (Å²) in [6.07, 6.45) is -2.84. The molecule has 1 aliphatic rings. The van der Waals surface area contributed by atoms with Crippen molar-refractivity contribution in [2.24, 2.45) is 5.92 Å². The number of rotatable bonds is 4. The predicted octanol–water partition coefficient (Wildman–Crippen LogP) is 2.35. The third-order valence-electron chi connectivity index (χ3n) is 3.54. The van der Waals surface area contributed by atoms with Crippen LogP contribution in [0.4, 0.5) is 24.8 Å². The van der Waals surface area contributed by atoms with Gasteiger partial charge in [0.05, 0.1) is 5.56 Å². The van der Waals surface area contributed by atoms with Gasteiger partial charge in [-0.05, 0) is 30.9 Å². The molecule has 1 aliphatic heterocycles. The van der Waals surface area contributed by atoms with Gasteiger partial charge in [-0.2, -0.15) is 13.2 Å². The van der Waals surface area contributed by atoms with E-state index in [0.717, 1.165) is 18.6 Å². The maximum absolute atomic E-state index is 12.9. The van der Waals surface area contributed by atoms with Crippen LogP contribution in [0.2, 0.25) is 0 Å². The molecule has 1 saturated heterocycles. The lowest BCUT2D eigenvalue weighted by atomic mass is 10.1. The van der Waals surface area contributed by atoms with Crippen LogP contribution in [0.1, 0.15) is 18.4 Å². The molecule has 20 heavy (non-hydrogen) atoms. The Bertz CT molecular complexity index is 465. The minimum Gasteiger partial charge on any atom is -0.396 e. The van der Waals surface area contributed by atoms with Crippen molar-refractivity contribution >= 4 is 11.6 Å². The monoisotopic (exact) mass is 289 g/mol. The zero-order valence-corrected chi connectivity index (χ0v) is 11.2. The molecule has 0 amide bonds. The molecule has 112 valence electrons. The van der Waals surface area contributed by atoms with Crippen molar-refractivity contribution in [2.45, 2.75) is 19.0 Å². The molecular weight excluding hydrogens is 271 g/mol. The number of aromatic nitrogens is 1. The SMILES string of the molecule is CNc1cc(C(F)(F)F)cc(N2CCC(CCO)C2)n1. The molecule has 0 aromatic carbocycles. The van der Waals surface area contributed by atoms with Crippen molar-refractivity contribution in [3.05, 3.63) is 17.7 Å². The fraction of sp³-hybridized carbons (Fsp3) is 0.615. The Morgan fingerprint density at radius 2 is 2.20 bits per heavy atom. The van der Waals surface area contributed by atoms with Gasteiger partial charge in [0.25, 0.3) is 0 Å². The molecule has 1 unspecified atom stereocenters. The number of hydrogen-bond donors (Lipinski definition) is 2. The molecule has 2 rings (SSSR count). The van der Waals surface area contributed by atoms with Crippen LogP contribution in [0, 0.1) is 5.92 Å². The molecule has 0 bridgehead atoms. The second-order valence-electron chi connectivity index (χ2n) is 4.96. The number of nitrogens with zero attached hydrogens (tertiary/aromatic N) is 2. The maximum atomic E-state index is 12.9. The predicted molar refractivity (Wildman–Crippen MR) is 70.8 cm³/mol. The fourth-order valence-corrected chi connectivity index (χ4v) is 2.43. The fourth-order valence-electron chi connectivity index (χ4n) is 2.43. The summed E-state index contributed by atoms with van der Waals surface area (Å²) < 4.78 is 38.6. The molecule has 7 heteroatoms. The van der Waals surface area contributed by atoms with Gasteiger partial charge >= 0.3 is 6.18 Å². The second kappa shape index (κ2) is 5.87. The molecule has 1 aromatic heterocycles. The van der Waals surface area contributed by atoms with Crippen LogP contribution in [0.15, 0.2) is 12.1 Å². The van der Waals surface area contributed by atoms with Crippen molar-refractivity contribution < 1.29 is 18.3 Å². The minimum absolute atomic E-state index is 0.107. The first-order chi connectivity index (χ1) is 9.44. The molecule has 0 radical (unpaired) electrons. The van der Waals surface area contributed by atoms with Gasteiger partial charge in [-0.25, -0.2) is 4.98 Å². The van der Waals surface area contributed by atoms with Crippen LogP contribution in [0.5, 0.6) is 0 Å². The highest BCUT2D eigenvalue weighted by molar-refractivity contribution is 5.51. The Morgan fingerprint density at radius 1 is 1.45 bits per heavy atom. The second-order valence-corrected chi connectivity index (χ2v) is 4.96. The topological polar surface area (TPSA) is 48.4 Å². The van der Waals surface area contributed by atoms with Gasteiger partial charge < -0.3 is 15.3 Å². The van der Waals surface area contributed by atoms with Gasteiger partial charge in [-0.3, -0.25) is 0 Å². The number of nitrogens with one attached hydrogen (secondary N) is 1. The van der Waals surface area contributed by atoms with Crippen LogP contribution in [-0.4, -0.2) is 36.8 Å². The van der Waals surface area contributed by atoms with E-state index in [-0.39, 0.29) is 12.4 Å². The van der Waals surface area contributed by atoms with Crippen molar-refractivity contribution in [3.8, 4) is 0 Å². The third kappa shape index (κ3) is 3.33. The summed E-state index contributed by atoms with van der Waals surface area (Å²) in [4.78, 5) is 6.04. The van der Waals surface area contributed by atoms with Gasteiger partial charge in [0.1, 0.15) is 11.6 Å². The molecule has 1 fully saturated rings. The summed E-state index contributed by atoms with van der Waals surface area (Å²) in [5, 5.41) is 11.6. The molecule has 1 aromatic rings. The smallest absolute Gasteiger partial charge is 0.396 e. The summed E-state index contributed by atoms with van der Waals surface area (Å²) in [5.41, 5.74) is -0.697. The highest BCUT2D eigenvalue weighted by atomic mass is 19.4. The standard InChI is InChI=1S/C13H18F3N3O/c1-17-11-6-10(13(14,15)16)7-12(18-11)19-4-2-9(8-19)3-5-20/h6-7,9,20H,2-5,8H2,1H3,(H,17,18). The molecular formula is C13H18F3N3O. The van der Waals surface area contributed by atoms with E-state index in [4.69, 9.17) is 5.11 Å². The van der Waals surface area contributed by atoms with E-state index in [1.165, 1.54) is 0 Å². The summed E-state index contributed by atoms with van der Waals surface area (Å²) >= 11 is 0. The van der Waals surface area contributed by atoms with Crippen molar-refractivity contribution in [2.75, 3.05) is 37.0 Å². The van der Waals surface area contributed by atoms with Crippen LogP contribution in [-0.2, 0) is 6.18 Å². The summed E-state index contributed by atoms with van der Waals surface area (Å²) in [6, 6.07) is 2.09. The zero-order valence-electron chi connectivity index (χ0n) is 11.2. The van der Waals surface area contributed by atoms with Crippen molar-refractivity contribution in [1.29, 1.82) is 0 Å². The summed E-state index contributed by atoms with van der Waals surface area (Å²) in [6.45, 7) is 1.41. The minimum atomic E-state index is -4.38. The highest BCUT2D eigenvalue weighted by Crippen LogP contribution is 2.34. The first-order valence-corrected chi connectivity index (χ1v) is 6.57. The molecule has 2 N–H and O–H groups in total. The summed E-state index contributed by atoms with van der Waals surface area (Å²) in [7, 11) is 1.55. The number of aliphatic hydroxyl groups is 1. The average Bonchev–Trinajstić information content (AvgIpc) is 2.86. The highest BCUT2D eigenvalue weighted by Gasteiger charge is 2.33. The first kappa shape index (κ1) is 14.9. The Balaban J connectivity index is 2.23. The molecule has 2 heterocycles. The average molecular weight is 289 g/mol. The van der Waals surface area contributed by atoms with Gasteiger partial charge in [0, 0.05) is 26.7 Å². The lowest BCUT2D eigenvalue weighted by Gasteiger charge is -2.20. The third-order valence-corrected chi connectivity index (χ3v) is 3.54. The Kier molecular flexibility index (Phi) is 4.37. The number of pyridine rings is 1. The number of anilines is 2. The van der Waals surface area contributed by atoms with Gasteiger partial charge in [0.15, 0.2) is 0 Å². The first-order valence-electron chi connectivity index (χ1n) is 6.57. The van der Waals surface area contributed by atoms with Gasteiger partial charge in [-0.1, -0.05) is 0 Å². The van der Waals surface area contributed by atoms with E-state index < -0.39 is 11.7 Å². The largest absolute Gasteiger partial charge is 0.416 e.